The van der Waals surface area contributed by atoms with E-state index in [0.29, 0.717) is 0 Å². The first-order valence-electron chi connectivity index (χ1n) is 1.57. The van der Waals surface area contributed by atoms with Crippen molar-refractivity contribution < 1.29 is 38.5 Å². The molecular formula is H15Mg3NO8P2. The molecule has 0 spiro atoms. The van der Waals surface area contributed by atoms with Crippen LogP contribution in [0.4, 0.5) is 0 Å². The van der Waals surface area contributed by atoms with Crippen molar-refractivity contribution in [3.63, 3.8) is 0 Å². The lowest BCUT2D eigenvalue weighted by molar-refractivity contribution is 0.272. The van der Waals surface area contributed by atoms with Crippen molar-refractivity contribution in [3.8, 4) is 0 Å². The van der Waals surface area contributed by atoms with E-state index in [2.05, 4.69) is 0 Å². The Labute approximate surface area is 128 Å². The molecule has 0 rings (SSSR count). The van der Waals surface area contributed by atoms with E-state index in [1.807, 2.05) is 0 Å². The third kappa shape index (κ3) is 428. The van der Waals surface area contributed by atoms with Gasteiger partial charge in [0, 0.05) is 0 Å². The Morgan fingerprint density at radius 2 is 0.571 bits per heavy atom. The Morgan fingerprint density at radius 3 is 0.571 bits per heavy atom. The number of phosphoric acid groups is 2. The fourth-order valence-electron chi connectivity index (χ4n) is 0. The average molecular weight is 292 g/mol. The molecule has 0 bridgehead atoms. The molecule has 0 aliphatic heterocycles. The molecule has 0 aliphatic rings. The van der Waals surface area contributed by atoms with Crippen molar-refractivity contribution in [1.29, 1.82) is 0 Å². The van der Waals surface area contributed by atoms with Gasteiger partial charge in [0.25, 0.3) is 0 Å². The van der Waals surface area contributed by atoms with Gasteiger partial charge in [0.1, 0.15) is 0 Å². The summed E-state index contributed by atoms with van der Waals surface area (Å²) in [7, 11) is -9.28. The van der Waals surface area contributed by atoms with E-state index >= 15 is 0 Å². The smallest absolute Gasteiger partial charge is 0.344 e. The minimum atomic E-state index is -4.64. The Balaban J connectivity index is -0.0000000178. The molecule has 0 aromatic rings. The van der Waals surface area contributed by atoms with Gasteiger partial charge in [0.05, 0.1) is 0 Å². The average Bonchev–Trinajstić information content (AvgIpc) is 1.12. The molecule has 0 amide bonds. The molecule has 14 heteroatoms. The van der Waals surface area contributed by atoms with Gasteiger partial charge in [-0.2, -0.15) is 0 Å². The van der Waals surface area contributed by atoms with Crippen LogP contribution in [0.3, 0.4) is 0 Å². The summed E-state index contributed by atoms with van der Waals surface area (Å²) in [4.78, 5) is 43.1. The van der Waals surface area contributed by atoms with E-state index in [-0.39, 0.29) is 75.3 Å². The van der Waals surface area contributed by atoms with Gasteiger partial charge in [-0.3, -0.25) is 0 Å². The van der Waals surface area contributed by atoms with Crippen LogP contribution < -0.4 is 6.15 Å². The number of hydrogen-bond acceptors (Lipinski definition) is 3. The monoisotopic (exact) mass is 291 g/mol. The Morgan fingerprint density at radius 1 is 0.571 bits per heavy atom. The minimum Gasteiger partial charge on any atom is -0.344 e. The van der Waals surface area contributed by atoms with Gasteiger partial charge < -0.3 is 35.5 Å². The van der Waals surface area contributed by atoms with Gasteiger partial charge in [-0.15, -0.1) is 0 Å². The largest absolute Gasteiger partial charge is 0.466 e. The Bertz CT molecular complexity index is 135. The van der Waals surface area contributed by atoms with Crippen molar-refractivity contribution >= 4 is 84.8 Å². The van der Waals surface area contributed by atoms with Crippen LogP contribution in [0, 0.1) is 0 Å². The predicted molar refractivity (Wildman–Crippen MR) is 59.2 cm³/mol. The van der Waals surface area contributed by atoms with Crippen LogP contribution in [0.25, 0.3) is 0 Å². The van der Waals surface area contributed by atoms with Crippen LogP contribution in [-0.2, 0) is 9.13 Å². The predicted octanol–water partition coefficient (Wildman–Crippen LogP) is -4.44. The van der Waals surface area contributed by atoms with E-state index in [9.17, 15) is 0 Å². The fourth-order valence-corrected chi connectivity index (χ4v) is 0. The van der Waals surface area contributed by atoms with Gasteiger partial charge in [0.2, 0.25) is 0 Å². The summed E-state index contributed by atoms with van der Waals surface area (Å²) in [6.07, 6.45) is 0. The molecule has 0 unspecified atom stereocenters. The third-order valence-electron chi connectivity index (χ3n) is 0. The zero-order chi connectivity index (χ0) is 9.00. The summed E-state index contributed by atoms with van der Waals surface area (Å²) in [6, 6.07) is 0. The highest BCUT2D eigenvalue weighted by Gasteiger charge is 2.00. The first-order chi connectivity index (χ1) is 4.00. The van der Waals surface area contributed by atoms with Crippen LogP contribution in [0.2, 0.25) is 0 Å². The molecule has 9 N–H and O–H groups in total. The lowest BCUT2D eigenvalue weighted by Crippen LogP contribution is -1.66. The van der Waals surface area contributed by atoms with E-state index in [4.69, 9.17) is 38.5 Å². The van der Waals surface area contributed by atoms with Crippen LogP contribution in [0.1, 0.15) is 0 Å². The summed E-state index contributed by atoms with van der Waals surface area (Å²) >= 11 is 0. The third-order valence-corrected chi connectivity index (χ3v) is 0. The van der Waals surface area contributed by atoms with Crippen molar-refractivity contribution in [1.82, 2.24) is 6.15 Å². The maximum Gasteiger partial charge on any atom is 0.466 e. The quantitative estimate of drug-likeness (QED) is 0.170. The normalized spacial score (nSPS) is 8.43. The molecule has 0 heterocycles. The second-order valence-corrected chi connectivity index (χ2v) is 3.08. The molecular weight excluding hydrogens is 277 g/mol. The lowest BCUT2D eigenvalue weighted by atomic mass is 14.0. The first-order valence-corrected chi connectivity index (χ1v) is 4.70. The highest BCUT2D eigenvalue weighted by atomic mass is 31.2. The molecule has 0 radical (unpaired) electrons. The molecule has 0 saturated heterocycles. The highest BCUT2D eigenvalue weighted by Crippen LogP contribution is 2.26. The van der Waals surface area contributed by atoms with Gasteiger partial charge in [-0.05, 0) is 0 Å². The van der Waals surface area contributed by atoms with Gasteiger partial charge in [0.15, 0.2) is 0 Å². The van der Waals surface area contributed by atoms with Crippen molar-refractivity contribution in [3.05, 3.63) is 0 Å². The molecule has 14 heavy (non-hydrogen) atoms. The van der Waals surface area contributed by atoms with Gasteiger partial charge >= 0.3 is 84.8 Å². The minimum absolute atomic E-state index is 0. The molecule has 0 aromatic carbocycles. The molecule has 84 valence electrons. The standard InChI is InChI=1S/3Mg.H3N.2H3O4P.6H/c;;;;2*1-5(2,3)4;;;;;;/h;;;1H3;2*(H3,1,2,3,4);;;;;;. The van der Waals surface area contributed by atoms with Crippen LogP contribution >= 0.6 is 15.6 Å². The highest BCUT2D eigenvalue weighted by molar-refractivity contribution is 7.45. The second-order valence-electron chi connectivity index (χ2n) is 1.03. The number of hydrogen-bond donors (Lipinski definition) is 7. The van der Waals surface area contributed by atoms with Crippen LogP contribution in [-0.4, -0.2) is 98.5 Å². The number of rotatable bonds is 0. The molecule has 9 nitrogen and oxygen atoms in total. The van der Waals surface area contributed by atoms with Crippen molar-refractivity contribution in [2.24, 2.45) is 0 Å². The molecule has 0 fully saturated rings. The summed E-state index contributed by atoms with van der Waals surface area (Å²) in [6.45, 7) is 0. The topological polar surface area (TPSA) is 191 Å². The van der Waals surface area contributed by atoms with E-state index < -0.39 is 15.6 Å². The Kier molecular flexibility index (Phi) is 39.8. The van der Waals surface area contributed by atoms with Gasteiger partial charge in [-0.25, -0.2) is 9.13 Å². The fraction of sp³-hybridized carbons (Fsp3) is 0. The van der Waals surface area contributed by atoms with E-state index in [1.165, 1.54) is 0 Å². The molecule has 0 atom stereocenters. The van der Waals surface area contributed by atoms with Crippen LogP contribution in [0.5, 0.6) is 0 Å². The zero-order valence-electron chi connectivity index (χ0n) is 5.10. The van der Waals surface area contributed by atoms with Crippen molar-refractivity contribution in [2.45, 2.75) is 0 Å². The molecule has 0 aliphatic carbocycles. The zero-order valence-corrected chi connectivity index (χ0v) is 6.89. The summed E-state index contributed by atoms with van der Waals surface area (Å²) < 4.78 is 17.8. The summed E-state index contributed by atoms with van der Waals surface area (Å²) in [5, 5.41) is 0. The summed E-state index contributed by atoms with van der Waals surface area (Å²) in [5.41, 5.74) is 0. The maximum absolute atomic E-state index is 8.88. The Hall–Kier alpha value is 2.48. The van der Waals surface area contributed by atoms with E-state index in [1.54, 1.807) is 0 Å². The summed E-state index contributed by atoms with van der Waals surface area (Å²) in [5.74, 6) is 0. The second kappa shape index (κ2) is 15.5. The lowest BCUT2D eigenvalue weighted by Gasteiger charge is -1.82. The first kappa shape index (κ1) is 36.0. The maximum atomic E-state index is 8.88. The SMILES string of the molecule is N.O=P(O)(O)O.O=P(O)(O)O.[MgH2].[MgH2].[MgH2]. The molecule has 0 saturated carbocycles. The van der Waals surface area contributed by atoms with Crippen LogP contribution in [0.15, 0.2) is 0 Å². The van der Waals surface area contributed by atoms with Gasteiger partial charge in [-0.1, -0.05) is 0 Å². The van der Waals surface area contributed by atoms with Crippen molar-refractivity contribution in [2.75, 3.05) is 0 Å². The molecule has 0 aromatic heterocycles. The van der Waals surface area contributed by atoms with E-state index in [0.717, 1.165) is 0 Å².